The molecule has 3 aromatic rings. The Morgan fingerprint density at radius 1 is 1.00 bits per heavy atom. The highest BCUT2D eigenvalue weighted by atomic mass is 32.2. The van der Waals surface area contributed by atoms with E-state index in [2.05, 4.69) is 32.8 Å². The summed E-state index contributed by atoms with van der Waals surface area (Å²) in [5.41, 5.74) is 2.64. The Kier molecular flexibility index (Phi) is 4.20. The monoisotopic (exact) mass is 328 g/mol. The Morgan fingerprint density at radius 3 is 2.43 bits per heavy atom. The van der Waals surface area contributed by atoms with Gasteiger partial charge in [0, 0.05) is 11.8 Å². The number of H-pyrrole nitrogens is 1. The van der Waals surface area contributed by atoms with E-state index in [1.807, 2.05) is 24.3 Å². The van der Waals surface area contributed by atoms with Crippen molar-refractivity contribution in [1.29, 1.82) is 0 Å². The highest BCUT2D eigenvalue weighted by molar-refractivity contribution is 7.90. The van der Waals surface area contributed by atoms with Crippen LogP contribution in [0.5, 0.6) is 0 Å². The van der Waals surface area contributed by atoms with Gasteiger partial charge in [-0.05, 0) is 40.5 Å². The second-order valence-electron chi connectivity index (χ2n) is 5.30. The van der Waals surface area contributed by atoms with Crippen molar-refractivity contribution in [3.63, 3.8) is 0 Å². The summed E-state index contributed by atoms with van der Waals surface area (Å²) in [5, 5.41) is 13.7. The molecule has 0 fully saturated rings. The van der Waals surface area contributed by atoms with Gasteiger partial charge in [0.05, 0.1) is 4.90 Å². The molecule has 0 bridgehead atoms. The molecule has 1 aromatic heterocycles. The number of sulfone groups is 1. The van der Waals surface area contributed by atoms with Crippen LogP contribution in [0.2, 0.25) is 0 Å². The molecule has 0 unspecified atom stereocenters. The third-order valence-electron chi connectivity index (χ3n) is 3.62. The fourth-order valence-corrected chi connectivity index (χ4v) is 3.48. The van der Waals surface area contributed by atoms with E-state index in [0.29, 0.717) is 17.8 Å². The summed E-state index contributed by atoms with van der Waals surface area (Å²) in [6.07, 6.45) is 2.70. The molecule has 23 heavy (non-hydrogen) atoms. The van der Waals surface area contributed by atoms with Gasteiger partial charge in [0.15, 0.2) is 15.7 Å². The van der Waals surface area contributed by atoms with Gasteiger partial charge in [-0.2, -0.15) is 0 Å². The van der Waals surface area contributed by atoms with Crippen molar-refractivity contribution in [1.82, 2.24) is 20.6 Å². The summed E-state index contributed by atoms with van der Waals surface area (Å²) in [6, 6.07) is 15.3. The topological polar surface area (TPSA) is 88.6 Å². The quantitative estimate of drug-likeness (QED) is 0.774. The molecule has 1 heterocycles. The third kappa shape index (κ3) is 3.45. The molecule has 0 atom stereocenters. The molecule has 0 aliphatic rings. The predicted molar refractivity (Wildman–Crippen MR) is 86.6 cm³/mol. The second kappa shape index (κ2) is 6.29. The number of benzene rings is 2. The molecule has 6 nitrogen and oxygen atoms in total. The number of rotatable bonds is 5. The van der Waals surface area contributed by atoms with E-state index in [9.17, 15) is 8.42 Å². The molecule has 2 aromatic carbocycles. The van der Waals surface area contributed by atoms with Crippen LogP contribution in [0.4, 0.5) is 0 Å². The molecule has 0 amide bonds. The average molecular weight is 328 g/mol. The lowest BCUT2D eigenvalue weighted by molar-refractivity contribution is 0.602. The van der Waals surface area contributed by atoms with Gasteiger partial charge in [-0.15, -0.1) is 5.10 Å². The second-order valence-corrected chi connectivity index (χ2v) is 7.28. The zero-order valence-electron chi connectivity index (χ0n) is 12.6. The van der Waals surface area contributed by atoms with Crippen LogP contribution >= 0.6 is 0 Å². The van der Waals surface area contributed by atoms with E-state index in [0.717, 1.165) is 12.0 Å². The van der Waals surface area contributed by atoms with Gasteiger partial charge in [-0.3, -0.25) is 0 Å². The minimum absolute atomic E-state index is 0.238. The summed E-state index contributed by atoms with van der Waals surface area (Å²) >= 11 is 0. The molecule has 0 saturated carbocycles. The van der Waals surface area contributed by atoms with E-state index in [1.54, 1.807) is 12.1 Å². The van der Waals surface area contributed by atoms with Crippen LogP contribution in [0.1, 0.15) is 11.1 Å². The molecule has 0 spiro atoms. The minimum Gasteiger partial charge on any atom is -0.239 e. The number of nitrogens with zero attached hydrogens (tertiary/aromatic N) is 3. The smallest absolute Gasteiger partial charge is 0.181 e. The predicted octanol–water partition coefficient (Wildman–Crippen LogP) is 2.06. The lowest BCUT2D eigenvalue weighted by atomic mass is 9.99. The van der Waals surface area contributed by atoms with Crippen molar-refractivity contribution in [2.45, 2.75) is 17.7 Å². The van der Waals surface area contributed by atoms with E-state index in [1.165, 1.54) is 11.8 Å². The van der Waals surface area contributed by atoms with Crippen molar-refractivity contribution in [3.8, 4) is 11.4 Å². The van der Waals surface area contributed by atoms with E-state index >= 15 is 0 Å². The first kappa shape index (κ1) is 15.4. The summed E-state index contributed by atoms with van der Waals surface area (Å²) in [4.78, 5) is 0.238. The maximum absolute atomic E-state index is 12.1. The normalized spacial score (nSPS) is 11.5. The molecular weight excluding hydrogens is 312 g/mol. The van der Waals surface area contributed by atoms with Gasteiger partial charge < -0.3 is 0 Å². The number of tetrazole rings is 1. The number of hydrogen-bond acceptors (Lipinski definition) is 5. The van der Waals surface area contributed by atoms with Crippen molar-refractivity contribution in [2.75, 3.05) is 6.26 Å². The van der Waals surface area contributed by atoms with Crippen LogP contribution in [0.3, 0.4) is 0 Å². The van der Waals surface area contributed by atoms with Gasteiger partial charge >= 0.3 is 0 Å². The summed E-state index contributed by atoms with van der Waals surface area (Å²) in [6.45, 7) is 0. The van der Waals surface area contributed by atoms with Crippen LogP contribution in [-0.2, 0) is 22.7 Å². The Balaban J connectivity index is 2.03. The summed E-state index contributed by atoms with van der Waals surface area (Å²) in [7, 11) is -3.38. The Hall–Kier alpha value is -2.54. The van der Waals surface area contributed by atoms with Crippen LogP contribution in [-0.4, -0.2) is 35.3 Å². The molecule has 0 aliphatic carbocycles. The summed E-state index contributed by atoms with van der Waals surface area (Å²) < 4.78 is 24.2. The van der Waals surface area contributed by atoms with Gasteiger partial charge in [0.2, 0.25) is 0 Å². The van der Waals surface area contributed by atoms with E-state index in [-0.39, 0.29) is 4.90 Å². The van der Waals surface area contributed by atoms with Crippen molar-refractivity contribution < 1.29 is 8.42 Å². The number of hydrogen-bond donors (Lipinski definition) is 1. The van der Waals surface area contributed by atoms with Crippen LogP contribution in [0, 0.1) is 0 Å². The zero-order valence-corrected chi connectivity index (χ0v) is 13.4. The van der Waals surface area contributed by atoms with Crippen LogP contribution < -0.4 is 0 Å². The molecule has 0 aliphatic heterocycles. The van der Waals surface area contributed by atoms with E-state index < -0.39 is 9.84 Å². The minimum atomic E-state index is -3.38. The van der Waals surface area contributed by atoms with Gasteiger partial charge in [-0.1, -0.05) is 42.5 Å². The Morgan fingerprint density at radius 2 is 1.78 bits per heavy atom. The molecular formula is C16H16N4O2S. The standard InChI is InChI=1S/C16H16N4O2S/c1-23(21,22)14-9-5-8-13(15(14)16-17-19-20-18-16)11-10-12-6-3-2-4-7-12/h2-9H,10-11H2,1H3,(H,17,18,19,20). The lowest BCUT2D eigenvalue weighted by Gasteiger charge is -2.11. The largest absolute Gasteiger partial charge is 0.239 e. The number of nitrogens with one attached hydrogen (secondary N) is 1. The van der Waals surface area contributed by atoms with E-state index in [4.69, 9.17) is 0 Å². The van der Waals surface area contributed by atoms with Crippen molar-refractivity contribution in [2.24, 2.45) is 0 Å². The molecule has 118 valence electrons. The van der Waals surface area contributed by atoms with Crippen molar-refractivity contribution >= 4 is 9.84 Å². The number of aryl methyl sites for hydroxylation is 2. The summed E-state index contributed by atoms with van der Waals surface area (Å²) in [5.74, 6) is 0.370. The molecule has 0 radical (unpaired) electrons. The highest BCUT2D eigenvalue weighted by Crippen LogP contribution is 2.29. The molecule has 3 rings (SSSR count). The Labute approximate surface area is 134 Å². The number of aromatic amines is 1. The first-order valence-corrected chi connectivity index (χ1v) is 9.05. The molecule has 0 saturated heterocycles. The maximum atomic E-state index is 12.1. The fraction of sp³-hybridized carbons (Fsp3) is 0.188. The van der Waals surface area contributed by atoms with Gasteiger partial charge in [0.1, 0.15) is 0 Å². The van der Waals surface area contributed by atoms with Gasteiger partial charge in [-0.25, -0.2) is 13.5 Å². The average Bonchev–Trinajstić information content (AvgIpc) is 3.07. The SMILES string of the molecule is CS(=O)(=O)c1cccc(CCc2ccccc2)c1-c1nnn[nH]1. The fourth-order valence-electron chi connectivity index (χ4n) is 2.55. The van der Waals surface area contributed by atoms with Crippen LogP contribution in [0.25, 0.3) is 11.4 Å². The maximum Gasteiger partial charge on any atom is 0.181 e. The van der Waals surface area contributed by atoms with Gasteiger partial charge in [0.25, 0.3) is 0 Å². The first-order valence-electron chi connectivity index (χ1n) is 7.15. The highest BCUT2D eigenvalue weighted by Gasteiger charge is 2.20. The third-order valence-corrected chi connectivity index (χ3v) is 4.76. The lowest BCUT2D eigenvalue weighted by Crippen LogP contribution is -2.05. The molecule has 1 N–H and O–H groups in total. The first-order chi connectivity index (χ1) is 11.1. The van der Waals surface area contributed by atoms with Crippen LogP contribution in [0.15, 0.2) is 53.4 Å². The van der Waals surface area contributed by atoms with Crippen molar-refractivity contribution in [3.05, 3.63) is 59.7 Å². The number of aromatic nitrogens is 4. The Bertz CT molecular complexity index is 891. The molecule has 7 heteroatoms. The zero-order chi connectivity index (χ0) is 16.3.